The number of hydrogen-bond donors (Lipinski definition) is 1. The van der Waals surface area contributed by atoms with Crippen LogP contribution in [0.15, 0.2) is 0 Å². The first-order chi connectivity index (χ1) is 7.79. The van der Waals surface area contributed by atoms with Crippen molar-refractivity contribution in [1.82, 2.24) is 5.01 Å². The molecule has 0 spiro atoms. The van der Waals surface area contributed by atoms with Gasteiger partial charge in [0.25, 0.3) is 0 Å². The Balaban J connectivity index is 2.21. The number of hydrogen-bond acceptors (Lipinski definition) is 3. The number of carbonyl (C=O) groups is 1. The topological polar surface area (TPSA) is 89.5 Å². The van der Waals surface area contributed by atoms with Gasteiger partial charge < -0.3 is 5.73 Å². The van der Waals surface area contributed by atoms with Crippen LogP contribution in [0.5, 0.6) is 0 Å². The molecule has 0 radical (unpaired) electrons. The molecule has 4 atom stereocenters. The highest BCUT2D eigenvalue weighted by molar-refractivity contribution is 5.87. The van der Waals surface area contributed by atoms with Gasteiger partial charge >= 0.3 is 0 Å². The van der Waals surface area contributed by atoms with Crippen LogP contribution in [-0.2, 0) is 4.79 Å². The smallest absolute Gasteiger partial charge is 0.249 e. The van der Waals surface area contributed by atoms with E-state index in [-0.39, 0.29) is 10.8 Å². The molecule has 6 nitrogen and oxygen atoms in total. The lowest BCUT2D eigenvalue weighted by Gasteiger charge is -2.40. The van der Waals surface area contributed by atoms with Gasteiger partial charge in [-0.15, -0.1) is 5.01 Å². The number of amides is 1. The maximum Gasteiger partial charge on any atom is 0.249 e. The van der Waals surface area contributed by atoms with Crippen molar-refractivity contribution in [2.24, 2.45) is 22.5 Å². The Morgan fingerprint density at radius 2 is 2.18 bits per heavy atom. The van der Waals surface area contributed by atoms with Crippen LogP contribution < -0.4 is 5.73 Å². The highest BCUT2D eigenvalue weighted by Crippen LogP contribution is 2.75. The Bertz CT molecular complexity index is 440. The number of nitro groups is 1. The summed E-state index contributed by atoms with van der Waals surface area (Å²) in [6, 6.07) is 0. The van der Waals surface area contributed by atoms with E-state index in [9.17, 15) is 14.9 Å². The number of hydrazine groups is 1. The highest BCUT2D eigenvalue weighted by Gasteiger charge is 2.83. The van der Waals surface area contributed by atoms with Gasteiger partial charge in [-0.25, -0.2) is 10.1 Å². The number of carbonyl (C=O) groups excluding carboxylic acids is 1. The summed E-state index contributed by atoms with van der Waals surface area (Å²) < 4.78 is 0. The molecule has 94 valence electrons. The van der Waals surface area contributed by atoms with E-state index >= 15 is 0 Å². The number of primary amides is 1. The van der Waals surface area contributed by atoms with Gasteiger partial charge in [-0.2, -0.15) is 0 Å². The molecule has 1 heterocycles. The van der Waals surface area contributed by atoms with Crippen molar-refractivity contribution in [3.05, 3.63) is 10.1 Å². The molecule has 1 saturated heterocycles. The third kappa shape index (κ3) is 0.788. The van der Waals surface area contributed by atoms with Gasteiger partial charge in [0.1, 0.15) is 0 Å². The minimum absolute atomic E-state index is 0.144. The Morgan fingerprint density at radius 1 is 1.53 bits per heavy atom. The fourth-order valence-electron chi connectivity index (χ4n) is 4.94. The van der Waals surface area contributed by atoms with Crippen LogP contribution in [0.25, 0.3) is 0 Å². The second-order valence-electron chi connectivity index (χ2n) is 6.21. The van der Waals surface area contributed by atoms with Gasteiger partial charge in [0.15, 0.2) is 10.6 Å². The number of piperidine rings is 1. The summed E-state index contributed by atoms with van der Waals surface area (Å²) >= 11 is 0. The summed E-state index contributed by atoms with van der Waals surface area (Å²) in [6.07, 6.45) is 2.48. The second-order valence-corrected chi connectivity index (χ2v) is 6.21. The van der Waals surface area contributed by atoms with Gasteiger partial charge in [-0.3, -0.25) is 4.79 Å². The first-order valence-electron chi connectivity index (χ1n) is 6.01. The van der Waals surface area contributed by atoms with E-state index in [2.05, 4.69) is 6.92 Å². The lowest BCUT2D eigenvalue weighted by molar-refractivity contribution is -0.671. The first kappa shape index (κ1) is 10.8. The first-order valence-corrected chi connectivity index (χ1v) is 6.01. The normalized spacial score (nSPS) is 50.9. The summed E-state index contributed by atoms with van der Waals surface area (Å²) in [6.45, 7) is 4.44. The van der Waals surface area contributed by atoms with Crippen molar-refractivity contribution < 1.29 is 9.83 Å². The van der Waals surface area contributed by atoms with Crippen LogP contribution in [0.4, 0.5) is 0 Å². The molecule has 2 saturated carbocycles. The highest BCUT2D eigenvalue weighted by atomic mass is 16.7. The molecule has 6 heteroatoms. The van der Waals surface area contributed by atoms with Crippen molar-refractivity contribution in [3.8, 4) is 0 Å². The van der Waals surface area contributed by atoms with Crippen LogP contribution in [0.1, 0.15) is 33.1 Å². The molecule has 3 rings (SSSR count). The van der Waals surface area contributed by atoms with Gasteiger partial charge in [-0.05, 0) is 25.2 Å². The molecule has 17 heavy (non-hydrogen) atoms. The Labute approximate surface area is 99.3 Å². The predicted molar refractivity (Wildman–Crippen MR) is 59.2 cm³/mol. The van der Waals surface area contributed by atoms with E-state index in [0.717, 1.165) is 17.9 Å². The quantitative estimate of drug-likeness (QED) is 0.562. The monoisotopic (exact) mass is 239 g/mol. The molecule has 0 aromatic carbocycles. The van der Waals surface area contributed by atoms with E-state index in [1.807, 2.05) is 6.92 Å². The van der Waals surface area contributed by atoms with E-state index in [1.54, 1.807) is 0 Å². The fraction of sp³-hybridized carbons (Fsp3) is 0.909. The van der Waals surface area contributed by atoms with E-state index in [0.29, 0.717) is 18.9 Å². The van der Waals surface area contributed by atoms with Crippen LogP contribution in [0.3, 0.4) is 0 Å². The van der Waals surface area contributed by atoms with Gasteiger partial charge in [0.2, 0.25) is 5.91 Å². The van der Waals surface area contributed by atoms with Gasteiger partial charge in [-0.1, -0.05) is 13.8 Å². The van der Waals surface area contributed by atoms with Crippen LogP contribution >= 0.6 is 0 Å². The molecule has 4 bridgehead atoms. The summed E-state index contributed by atoms with van der Waals surface area (Å²) in [5.41, 5.74) is 3.99. The third-order valence-corrected chi connectivity index (χ3v) is 6.13. The zero-order valence-corrected chi connectivity index (χ0v) is 10.1. The molecule has 2 N–H and O–H groups in total. The lowest BCUT2D eigenvalue weighted by Crippen LogP contribution is -2.63. The molecule has 0 unspecified atom stereocenters. The zero-order chi connectivity index (χ0) is 12.6. The minimum Gasteiger partial charge on any atom is -0.367 e. The Hall–Kier alpha value is -1.33. The van der Waals surface area contributed by atoms with E-state index in [4.69, 9.17) is 5.73 Å². The van der Waals surface area contributed by atoms with Crippen molar-refractivity contribution in [2.45, 2.75) is 38.6 Å². The van der Waals surface area contributed by atoms with Crippen LogP contribution in [0.2, 0.25) is 0 Å². The molecule has 2 aliphatic carbocycles. The van der Waals surface area contributed by atoms with E-state index in [1.165, 1.54) is 0 Å². The summed E-state index contributed by atoms with van der Waals surface area (Å²) in [4.78, 5) is 23.1. The summed E-state index contributed by atoms with van der Waals surface area (Å²) in [5, 5.41) is 11.9. The molecule has 0 aromatic heterocycles. The SMILES string of the molecule is C[C@]12CC[C@@H]3C[C@]1(C(N)=O)N([N+](=O)[O-])C[C@@]32C. The zero-order valence-electron chi connectivity index (χ0n) is 10.1. The van der Waals surface area contributed by atoms with Gasteiger partial charge in [0.05, 0.1) is 6.54 Å². The molecule has 3 aliphatic rings. The average molecular weight is 239 g/mol. The molecule has 0 aromatic rings. The standard InChI is InChI=1S/C11H17N3O3/c1-9-6-13(14(16)17)11(8(12)15)5-7(9)3-4-10(9,11)2/h7H,3-6H2,1-2H3,(H2,12,15)/t7-,9+,10-,11-/m1/s1. The Morgan fingerprint density at radius 3 is 2.65 bits per heavy atom. The second kappa shape index (κ2) is 2.57. The molecule has 1 aliphatic heterocycles. The van der Waals surface area contributed by atoms with Crippen molar-refractivity contribution >= 4 is 5.91 Å². The molecular formula is C11H17N3O3. The number of nitrogens with two attached hydrogens (primary N) is 1. The lowest BCUT2D eigenvalue weighted by atomic mass is 9.65. The number of nitrogens with zero attached hydrogens (tertiary/aromatic N) is 2. The predicted octanol–water partition coefficient (Wildman–Crippen LogP) is 0.544. The average Bonchev–Trinajstić information content (AvgIpc) is 2.68. The van der Waals surface area contributed by atoms with E-state index < -0.39 is 16.5 Å². The van der Waals surface area contributed by atoms with Crippen molar-refractivity contribution in [3.63, 3.8) is 0 Å². The van der Waals surface area contributed by atoms with Crippen LogP contribution in [-0.4, -0.2) is 28.0 Å². The van der Waals surface area contributed by atoms with Crippen molar-refractivity contribution in [1.29, 1.82) is 0 Å². The van der Waals surface area contributed by atoms with Crippen molar-refractivity contribution in [2.75, 3.05) is 6.54 Å². The fourth-order valence-corrected chi connectivity index (χ4v) is 4.94. The molecule has 1 amide bonds. The summed E-state index contributed by atoms with van der Waals surface area (Å²) in [5.74, 6) is -0.126. The Kier molecular flexibility index (Phi) is 1.63. The maximum absolute atomic E-state index is 11.9. The largest absolute Gasteiger partial charge is 0.367 e. The molecular weight excluding hydrogens is 222 g/mol. The minimum atomic E-state index is -1.06. The third-order valence-electron chi connectivity index (χ3n) is 6.13. The molecule has 3 fully saturated rings. The van der Waals surface area contributed by atoms with Crippen LogP contribution in [0, 0.1) is 26.9 Å². The summed E-state index contributed by atoms with van der Waals surface area (Å²) in [7, 11) is 0. The number of rotatable bonds is 2. The maximum atomic E-state index is 11.9. The van der Waals surface area contributed by atoms with Gasteiger partial charge in [0, 0.05) is 10.8 Å².